The van der Waals surface area contributed by atoms with Crippen LogP contribution in [-0.2, 0) is 17.1 Å². The van der Waals surface area contributed by atoms with E-state index < -0.39 is 0 Å². The average Bonchev–Trinajstić information content (AvgIpc) is 2.69. The van der Waals surface area contributed by atoms with Gasteiger partial charge in [0.15, 0.2) is 5.82 Å². The second-order valence-electron chi connectivity index (χ2n) is 4.08. The van der Waals surface area contributed by atoms with Gasteiger partial charge in [0.05, 0.1) is 11.4 Å². The van der Waals surface area contributed by atoms with Crippen LogP contribution >= 0.6 is 11.8 Å². The Labute approximate surface area is 99.3 Å². The molecule has 5 nitrogen and oxygen atoms in total. The third-order valence-electron chi connectivity index (χ3n) is 2.49. The molecule has 2 rings (SSSR count). The third-order valence-corrected chi connectivity index (χ3v) is 3.36. The van der Waals surface area contributed by atoms with Crippen molar-refractivity contribution >= 4 is 11.8 Å². The summed E-state index contributed by atoms with van der Waals surface area (Å²) in [6.07, 6.45) is 0. The Balaban J connectivity index is 1.78. The van der Waals surface area contributed by atoms with E-state index in [1.54, 1.807) is 11.8 Å². The first kappa shape index (κ1) is 11.9. The summed E-state index contributed by atoms with van der Waals surface area (Å²) >= 11 is 1.78. The molecule has 0 aliphatic carbocycles. The van der Waals surface area contributed by atoms with Gasteiger partial charge in [0.25, 0.3) is 5.89 Å². The standard InChI is InChI=1S/C10H17N3O2S/c1-3-16-5-8-12-9(15-13-8)4-14-10(2)6-11-7-10/h11H,3-7H2,1-2H3. The minimum Gasteiger partial charge on any atom is -0.363 e. The van der Waals surface area contributed by atoms with E-state index in [-0.39, 0.29) is 5.60 Å². The Morgan fingerprint density at radius 3 is 3.00 bits per heavy atom. The summed E-state index contributed by atoms with van der Waals surface area (Å²) < 4.78 is 10.8. The van der Waals surface area contributed by atoms with E-state index in [4.69, 9.17) is 9.26 Å². The number of nitrogens with zero attached hydrogens (tertiary/aromatic N) is 2. The molecule has 0 amide bonds. The minimum atomic E-state index is -0.0627. The lowest BCUT2D eigenvalue weighted by atomic mass is 10.0. The Morgan fingerprint density at radius 2 is 2.38 bits per heavy atom. The molecule has 6 heteroatoms. The monoisotopic (exact) mass is 243 g/mol. The van der Waals surface area contributed by atoms with Gasteiger partial charge in [0.1, 0.15) is 6.61 Å². The van der Waals surface area contributed by atoms with Gasteiger partial charge in [-0.15, -0.1) is 0 Å². The highest BCUT2D eigenvalue weighted by Crippen LogP contribution is 2.17. The van der Waals surface area contributed by atoms with Crippen molar-refractivity contribution in [3.8, 4) is 0 Å². The van der Waals surface area contributed by atoms with E-state index >= 15 is 0 Å². The van der Waals surface area contributed by atoms with Gasteiger partial charge in [-0.3, -0.25) is 0 Å². The molecule has 0 unspecified atom stereocenters. The second kappa shape index (κ2) is 5.16. The first-order chi connectivity index (χ1) is 7.72. The molecule has 1 aliphatic heterocycles. The fourth-order valence-corrected chi connectivity index (χ4v) is 1.92. The molecule has 0 spiro atoms. The van der Waals surface area contributed by atoms with Crippen LogP contribution in [0.3, 0.4) is 0 Å². The Bertz CT molecular complexity index is 339. The summed E-state index contributed by atoms with van der Waals surface area (Å²) in [6.45, 7) is 6.37. The number of thioether (sulfide) groups is 1. The van der Waals surface area contributed by atoms with Crippen molar-refractivity contribution in [2.45, 2.75) is 31.8 Å². The van der Waals surface area contributed by atoms with Gasteiger partial charge in [-0.2, -0.15) is 16.7 Å². The molecule has 0 bridgehead atoms. The molecule has 1 aromatic rings. The van der Waals surface area contributed by atoms with E-state index in [1.807, 2.05) is 0 Å². The van der Waals surface area contributed by atoms with Gasteiger partial charge >= 0.3 is 0 Å². The van der Waals surface area contributed by atoms with E-state index in [1.165, 1.54) is 0 Å². The van der Waals surface area contributed by atoms with Crippen LogP contribution in [0.4, 0.5) is 0 Å². The molecule has 0 saturated carbocycles. The van der Waals surface area contributed by atoms with E-state index in [0.717, 1.165) is 30.4 Å². The highest BCUT2D eigenvalue weighted by atomic mass is 32.2. The van der Waals surface area contributed by atoms with Crippen LogP contribution in [0.15, 0.2) is 4.52 Å². The third kappa shape index (κ3) is 2.96. The second-order valence-corrected chi connectivity index (χ2v) is 5.36. The van der Waals surface area contributed by atoms with Crippen LogP contribution in [0.5, 0.6) is 0 Å². The molecule has 0 aromatic carbocycles. The lowest BCUT2D eigenvalue weighted by Crippen LogP contribution is -2.58. The van der Waals surface area contributed by atoms with Gasteiger partial charge in [0, 0.05) is 13.1 Å². The van der Waals surface area contributed by atoms with E-state index in [9.17, 15) is 0 Å². The molecule has 1 fully saturated rings. The van der Waals surface area contributed by atoms with Crippen LogP contribution in [-0.4, -0.2) is 34.6 Å². The van der Waals surface area contributed by atoms with Gasteiger partial charge in [-0.25, -0.2) is 0 Å². The molecule has 16 heavy (non-hydrogen) atoms. The number of ether oxygens (including phenoxy) is 1. The first-order valence-electron chi connectivity index (χ1n) is 5.46. The molecular weight excluding hydrogens is 226 g/mol. The summed E-state index contributed by atoms with van der Waals surface area (Å²) in [7, 11) is 0. The molecule has 1 saturated heterocycles. The van der Waals surface area contributed by atoms with Crippen molar-refractivity contribution in [2.75, 3.05) is 18.8 Å². The number of aromatic nitrogens is 2. The lowest BCUT2D eigenvalue weighted by molar-refractivity contribution is -0.0841. The van der Waals surface area contributed by atoms with Crippen LogP contribution in [0.25, 0.3) is 0 Å². The predicted octanol–water partition coefficient (Wildman–Crippen LogP) is 1.20. The highest BCUT2D eigenvalue weighted by Gasteiger charge is 2.32. The Hall–Kier alpha value is -0.590. The maximum Gasteiger partial charge on any atom is 0.252 e. The summed E-state index contributed by atoms with van der Waals surface area (Å²) in [4.78, 5) is 4.27. The fraction of sp³-hybridized carbons (Fsp3) is 0.800. The van der Waals surface area contributed by atoms with Crippen LogP contribution < -0.4 is 5.32 Å². The zero-order valence-electron chi connectivity index (χ0n) is 9.65. The minimum absolute atomic E-state index is 0.0627. The largest absolute Gasteiger partial charge is 0.363 e. The Morgan fingerprint density at radius 1 is 1.56 bits per heavy atom. The maximum atomic E-state index is 5.70. The molecule has 1 aromatic heterocycles. The molecule has 90 valence electrons. The molecule has 0 atom stereocenters. The van der Waals surface area contributed by atoms with Gasteiger partial charge in [-0.1, -0.05) is 12.1 Å². The van der Waals surface area contributed by atoms with Gasteiger partial charge < -0.3 is 14.6 Å². The van der Waals surface area contributed by atoms with Crippen molar-refractivity contribution in [3.05, 3.63) is 11.7 Å². The normalized spacial score (nSPS) is 18.4. The number of rotatable bonds is 6. The molecule has 0 radical (unpaired) electrons. The van der Waals surface area contributed by atoms with Crippen molar-refractivity contribution in [3.63, 3.8) is 0 Å². The highest BCUT2D eigenvalue weighted by molar-refractivity contribution is 7.98. The molecule has 1 aliphatic rings. The zero-order chi connectivity index (χ0) is 11.4. The fourth-order valence-electron chi connectivity index (χ4n) is 1.42. The Kier molecular flexibility index (Phi) is 3.83. The first-order valence-corrected chi connectivity index (χ1v) is 6.61. The quantitative estimate of drug-likeness (QED) is 0.810. The SMILES string of the molecule is CCSCc1noc(COC2(C)CNC2)n1. The maximum absolute atomic E-state index is 5.70. The van der Waals surface area contributed by atoms with Gasteiger partial charge in [-0.05, 0) is 12.7 Å². The summed E-state index contributed by atoms with van der Waals surface area (Å²) in [6, 6.07) is 0. The summed E-state index contributed by atoms with van der Waals surface area (Å²) in [5.41, 5.74) is -0.0627. The number of hydrogen-bond donors (Lipinski definition) is 1. The van der Waals surface area contributed by atoms with E-state index in [0.29, 0.717) is 12.5 Å². The smallest absolute Gasteiger partial charge is 0.252 e. The molecule has 2 heterocycles. The van der Waals surface area contributed by atoms with Crippen molar-refractivity contribution < 1.29 is 9.26 Å². The average molecular weight is 243 g/mol. The van der Waals surface area contributed by atoms with Crippen molar-refractivity contribution in [1.29, 1.82) is 0 Å². The van der Waals surface area contributed by atoms with E-state index in [2.05, 4.69) is 29.3 Å². The topological polar surface area (TPSA) is 60.2 Å². The van der Waals surface area contributed by atoms with Crippen LogP contribution in [0.1, 0.15) is 25.6 Å². The van der Waals surface area contributed by atoms with Crippen LogP contribution in [0, 0.1) is 0 Å². The van der Waals surface area contributed by atoms with Gasteiger partial charge in [0.2, 0.25) is 0 Å². The number of hydrogen-bond acceptors (Lipinski definition) is 6. The predicted molar refractivity (Wildman–Crippen MR) is 62.2 cm³/mol. The summed E-state index contributed by atoms with van der Waals surface area (Å²) in [5.74, 6) is 3.19. The van der Waals surface area contributed by atoms with Crippen LogP contribution in [0.2, 0.25) is 0 Å². The molecular formula is C10H17N3O2S. The lowest BCUT2D eigenvalue weighted by Gasteiger charge is -2.38. The summed E-state index contributed by atoms with van der Waals surface area (Å²) in [5, 5.41) is 7.07. The van der Waals surface area contributed by atoms with Crippen molar-refractivity contribution in [2.24, 2.45) is 0 Å². The van der Waals surface area contributed by atoms with Crippen molar-refractivity contribution in [1.82, 2.24) is 15.5 Å². The molecule has 1 N–H and O–H groups in total. The number of nitrogens with one attached hydrogen (secondary N) is 1. The zero-order valence-corrected chi connectivity index (χ0v) is 10.5.